The molecule has 0 amide bonds. The van der Waals surface area contributed by atoms with Gasteiger partial charge in [0.1, 0.15) is 0 Å². The normalized spacial score (nSPS) is 12.7. The molecule has 1 aliphatic carbocycles. The summed E-state index contributed by atoms with van der Waals surface area (Å²) in [4.78, 5) is 0. The Balaban J connectivity index is 1.32. The molecule has 8 aromatic carbocycles. The van der Waals surface area contributed by atoms with Crippen LogP contribution in [-0.2, 0) is 12.8 Å². The van der Waals surface area contributed by atoms with Gasteiger partial charge in [-0.25, -0.2) is 0 Å². The standard InChI is InChI=1S/C45H32/c1-2-12-30(13-3-1)22-23-31-26-42-40(44-36-18-8-4-14-32(36)28-33-15-5-9-19-37(33)44)24-25-41(43(42)27-31)45-38-20-10-6-16-34(38)29-35-17-7-11-21-39(35)45/h1-21,24-26,28-29H,22-23,27H2. The maximum atomic E-state index is 2.53. The number of fused-ring (bicyclic) bond motifs is 5. The highest BCUT2D eigenvalue weighted by Gasteiger charge is 2.24. The Morgan fingerprint density at radius 3 is 1.38 bits per heavy atom. The highest BCUT2D eigenvalue weighted by Crippen LogP contribution is 2.47. The van der Waals surface area contributed by atoms with Crippen LogP contribution in [0.4, 0.5) is 0 Å². The molecule has 1 aliphatic rings. The van der Waals surface area contributed by atoms with Crippen molar-refractivity contribution >= 4 is 49.2 Å². The van der Waals surface area contributed by atoms with Gasteiger partial charge in [0.05, 0.1) is 0 Å². The van der Waals surface area contributed by atoms with Crippen molar-refractivity contribution in [2.75, 3.05) is 0 Å². The lowest BCUT2D eigenvalue weighted by atomic mass is 9.84. The van der Waals surface area contributed by atoms with Gasteiger partial charge in [-0.3, -0.25) is 0 Å². The van der Waals surface area contributed by atoms with Crippen LogP contribution in [0.5, 0.6) is 0 Å². The minimum Gasteiger partial charge on any atom is -0.0648 e. The van der Waals surface area contributed by atoms with Crippen molar-refractivity contribution in [3.63, 3.8) is 0 Å². The number of hydrogen-bond donors (Lipinski definition) is 0. The van der Waals surface area contributed by atoms with Gasteiger partial charge in [0.25, 0.3) is 0 Å². The smallest absolute Gasteiger partial charge is 0.00207 e. The van der Waals surface area contributed by atoms with Crippen molar-refractivity contribution < 1.29 is 0 Å². The van der Waals surface area contributed by atoms with Gasteiger partial charge < -0.3 is 0 Å². The van der Waals surface area contributed by atoms with Crippen LogP contribution < -0.4 is 0 Å². The molecule has 0 heteroatoms. The van der Waals surface area contributed by atoms with E-state index in [2.05, 4.69) is 158 Å². The van der Waals surface area contributed by atoms with E-state index in [9.17, 15) is 0 Å². The lowest BCUT2D eigenvalue weighted by molar-refractivity contribution is 0.918. The largest absolute Gasteiger partial charge is 0.0648 e. The molecule has 0 aliphatic heterocycles. The van der Waals surface area contributed by atoms with Gasteiger partial charge in [0, 0.05) is 0 Å². The summed E-state index contributed by atoms with van der Waals surface area (Å²) >= 11 is 0. The summed E-state index contributed by atoms with van der Waals surface area (Å²) in [5, 5.41) is 10.4. The molecule has 0 atom stereocenters. The molecule has 0 saturated heterocycles. The van der Waals surface area contributed by atoms with Crippen LogP contribution >= 0.6 is 0 Å². The average Bonchev–Trinajstić information content (AvgIpc) is 3.54. The van der Waals surface area contributed by atoms with Gasteiger partial charge in [0.15, 0.2) is 0 Å². The van der Waals surface area contributed by atoms with Crippen LogP contribution in [-0.4, -0.2) is 0 Å². The SMILES string of the molecule is C1=C(CCc2ccccc2)Cc2c(-c3c4ccccc4cc4ccccc34)ccc(-c3c4ccccc4cc4ccccc34)c21. The summed E-state index contributed by atoms with van der Waals surface area (Å²) in [6.45, 7) is 0. The average molecular weight is 573 g/mol. The number of hydrogen-bond acceptors (Lipinski definition) is 0. The first-order valence-corrected chi connectivity index (χ1v) is 16.0. The van der Waals surface area contributed by atoms with Crippen LogP contribution in [0.25, 0.3) is 71.4 Å². The number of benzene rings is 8. The second-order valence-corrected chi connectivity index (χ2v) is 12.4. The molecule has 0 saturated carbocycles. The zero-order valence-electron chi connectivity index (χ0n) is 25.1. The lowest BCUT2D eigenvalue weighted by Gasteiger charge is -2.19. The lowest BCUT2D eigenvalue weighted by Crippen LogP contribution is -1.96. The van der Waals surface area contributed by atoms with E-state index in [-0.39, 0.29) is 0 Å². The van der Waals surface area contributed by atoms with E-state index in [0.717, 1.165) is 19.3 Å². The summed E-state index contributed by atoms with van der Waals surface area (Å²) < 4.78 is 0. The zero-order valence-corrected chi connectivity index (χ0v) is 25.1. The Morgan fingerprint density at radius 1 is 0.400 bits per heavy atom. The van der Waals surface area contributed by atoms with Crippen molar-refractivity contribution in [1.29, 1.82) is 0 Å². The minimum atomic E-state index is 0.978. The van der Waals surface area contributed by atoms with Crippen molar-refractivity contribution in [3.8, 4) is 22.3 Å². The van der Waals surface area contributed by atoms with Crippen molar-refractivity contribution in [3.05, 3.63) is 174 Å². The van der Waals surface area contributed by atoms with E-state index in [1.165, 1.54) is 87.6 Å². The first-order valence-electron chi connectivity index (χ1n) is 16.0. The second kappa shape index (κ2) is 10.6. The maximum absolute atomic E-state index is 2.53. The van der Waals surface area contributed by atoms with Crippen molar-refractivity contribution in [1.82, 2.24) is 0 Å². The Bertz CT molecular complexity index is 2330. The van der Waals surface area contributed by atoms with Gasteiger partial charge in [-0.05, 0) is 113 Å². The summed E-state index contributed by atoms with van der Waals surface area (Å²) in [7, 11) is 0. The molecule has 0 heterocycles. The molecule has 45 heavy (non-hydrogen) atoms. The molecular weight excluding hydrogens is 540 g/mol. The molecule has 0 unspecified atom stereocenters. The molecule has 212 valence electrons. The monoisotopic (exact) mass is 572 g/mol. The molecule has 0 aromatic heterocycles. The van der Waals surface area contributed by atoms with E-state index in [0.29, 0.717) is 0 Å². The van der Waals surface area contributed by atoms with E-state index in [4.69, 9.17) is 0 Å². The van der Waals surface area contributed by atoms with Gasteiger partial charge in [-0.15, -0.1) is 0 Å². The summed E-state index contributed by atoms with van der Waals surface area (Å²) in [5.74, 6) is 0. The molecule has 0 radical (unpaired) electrons. The molecule has 0 nitrogen and oxygen atoms in total. The molecule has 0 N–H and O–H groups in total. The fourth-order valence-electron chi connectivity index (χ4n) is 7.67. The predicted molar refractivity (Wildman–Crippen MR) is 194 cm³/mol. The van der Waals surface area contributed by atoms with E-state index >= 15 is 0 Å². The Kier molecular flexibility index (Phi) is 6.13. The third-order valence-electron chi connectivity index (χ3n) is 9.77. The van der Waals surface area contributed by atoms with Gasteiger partial charge in [-0.2, -0.15) is 0 Å². The molecule has 0 spiro atoms. The fraction of sp³-hybridized carbons (Fsp3) is 0.0667. The quantitative estimate of drug-likeness (QED) is 0.180. The minimum absolute atomic E-state index is 0.978. The van der Waals surface area contributed by atoms with Gasteiger partial charge >= 0.3 is 0 Å². The predicted octanol–water partition coefficient (Wildman–Crippen LogP) is 12.2. The van der Waals surface area contributed by atoms with Crippen molar-refractivity contribution in [2.45, 2.75) is 19.3 Å². The third-order valence-corrected chi connectivity index (χ3v) is 9.77. The van der Waals surface area contributed by atoms with Crippen molar-refractivity contribution in [2.24, 2.45) is 0 Å². The van der Waals surface area contributed by atoms with E-state index < -0.39 is 0 Å². The zero-order chi connectivity index (χ0) is 29.7. The first kappa shape index (κ1) is 26.0. The summed E-state index contributed by atoms with van der Waals surface area (Å²) in [6, 6.07) is 56.0. The Morgan fingerprint density at radius 2 is 0.844 bits per heavy atom. The van der Waals surface area contributed by atoms with Crippen LogP contribution in [0.2, 0.25) is 0 Å². The Hall–Kier alpha value is -5.46. The highest BCUT2D eigenvalue weighted by atomic mass is 14.3. The molecule has 0 bridgehead atoms. The third kappa shape index (κ3) is 4.37. The summed E-state index contributed by atoms with van der Waals surface area (Å²) in [6.07, 6.45) is 5.62. The first-order chi connectivity index (χ1) is 22.3. The van der Waals surface area contributed by atoms with Crippen LogP contribution in [0.1, 0.15) is 23.1 Å². The molecular formula is C45H32. The number of allylic oxidation sites excluding steroid dienone is 1. The van der Waals surface area contributed by atoms with Crippen LogP contribution in [0, 0.1) is 0 Å². The second-order valence-electron chi connectivity index (χ2n) is 12.4. The molecule has 8 aromatic rings. The van der Waals surface area contributed by atoms with Crippen LogP contribution in [0.15, 0.2) is 157 Å². The van der Waals surface area contributed by atoms with E-state index in [1.807, 2.05) is 0 Å². The maximum Gasteiger partial charge on any atom is -0.00207 e. The molecule has 9 rings (SSSR count). The van der Waals surface area contributed by atoms with Gasteiger partial charge in [0.2, 0.25) is 0 Å². The highest BCUT2D eigenvalue weighted by molar-refractivity contribution is 6.16. The fourth-order valence-corrected chi connectivity index (χ4v) is 7.67. The topological polar surface area (TPSA) is 0 Å². The Labute approximate surface area is 263 Å². The van der Waals surface area contributed by atoms with Crippen LogP contribution in [0.3, 0.4) is 0 Å². The summed E-state index contributed by atoms with van der Waals surface area (Å²) in [5.41, 5.74) is 11.1. The van der Waals surface area contributed by atoms with E-state index in [1.54, 1.807) is 0 Å². The molecule has 0 fully saturated rings. The number of rotatable bonds is 5. The number of aryl methyl sites for hydroxylation is 1. The van der Waals surface area contributed by atoms with Gasteiger partial charge in [-0.1, -0.05) is 151 Å².